The summed E-state index contributed by atoms with van der Waals surface area (Å²) in [6, 6.07) is 16.9. The molecule has 28 heavy (non-hydrogen) atoms. The van der Waals surface area contributed by atoms with Gasteiger partial charge in [-0.2, -0.15) is 0 Å². The summed E-state index contributed by atoms with van der Waals surface area (Å²) in [5.41, 5.74) is 2.59. The molecule has 150 valence electrons. The molecule has 0 radical (unpaired) electrons. The number of hydrogen-bond acceptors (Lipinski definition) is 4. The van der Waals surface area contributed by atoms with Crippen LogP contribution in [0.25, 0.3) is 0 Å². The molecule has 0 bridgehead atoms. The maximum absolute atomic E-state index is 6.12. The van der Waals surface area contributed by atoms with E-state index < -0.39 is 0 Å². The maximum atomic E-state index is 6.12. The Labute approximate surface area is 168 Å². The third kappa shape index (κ3) is 4.34. The summed E-state index contributed by atoms with van der Waals surface area (Å²) >= 11 is 0. The minimum absolute atomic E-state index is 0.0357. The molecular weight excluding hydrogens is 350 g/mol. The van der Waals surface area contributed by atoms with E-state index in [0.717, 1.165) is 50.3 Å². The number of methoxy groups -OCH3 is 1. The fourth-order valence-corrected chi connectivity index (χ4v) is 4.47. The number of benzene rings is 2. The molecule has 2 aromatic rings. The average molecular weight is 382 g/mol. The third-order valence-electron chi connectivity index (χ3n) is 6.14. The fraction of sp³-hybridized carbons (Fsp3) is 0.500. The highest BCUT2D eigenvalue weighted by Crippen LogP contribution is 2.39. The molecule has 1 N–H and O–H groups in total. The first-order valence-corrected chi connectivity index (χ1v) is 10.5. The van der Waals surface area contributed by atoms with Gasteiger partial charge in [0.05, 0.1) is 13.2 Å². The maximum Gasteiger partial charge on any atom is 0.123 e. The van der Waals surface area contributed by atoms with E-state index in [-0.39, 0.29) is 11.6 Å². The van der Waals surface area contributed by atoms with Crippen LogP contribution in [0, 0.1) is 0 Å². The van der Waals surface area contributed by atoms with Crippen LogP contribution in [0.2, 0.25) is 0 Å². The van der Waals surface area contributed by atoms with Crippen molar-refractivity contribution in [2.45, 2.75) is 56.7 Å². The summed E-state index contributed by atoms with van der Waals surface area (Å²) in [5.74, 6) is 1.87. The Morgan fingerprint density at radius 3 is 2.54 bits per heavy atom. The second kappa shape index (κ2) is 8.97. The summed E-state index contributed by atoms with van der Waals surface area (Å²) in [4.78, 5) is 0. The smallest absolute Gasteiger partial charge is 0.123 e. The standard InChI is InChI=1S/C24H31NO3/c1-26-21-12-10-20(11-13-21)24(14-4-5-15-24)25-17-19-7-2-3-9-23(19)28-18-22-8-6-16-27-22/h2-3,7,9-13,22,25H,4-6,8,14-18H2,1H3. The number of rotatable bonds is 8. The Balaban J connectivity index is 1.45. The molecule has 4 rings (SSSR count). The molecule has 4 heteroatoms. The Hall–Kier alpha value is -2.04. The summed E-state index contributed by atoms with van der Waals surface area (Å²) in [6.45, 7) is 2.30. The van der Waals surface area contributed by atoms with Crippen molar-refractivity contribution in [2.75, 3.05) is 20.3 Å². The zero-order chi connectivity index (χ0) is 19.2. The van der Waals surface area contributed by atoms with Crippen molar-refractivity contribution < 1.29 is 14.2 Å². The summed E-state index contributed by atoms with van der Waals surface area (Å²) in [7, 11) is 1.71. The molecule has 0 spiro atoms. The molecule has 0 aromatic heterocycles. The van der Waals surface area contributed by atoms with Crippen molar-refractivity contribution in [1.29, 1.82) is 0 Å². The van der Waals surface area contributed by atoms with Gasteiger partial charge in [-0.05, 0) is 49.4 Å². The SMILES string of the molecule is COc1ccc(C2(NCc3ccccc3OCC3CCCO3)CCCC2)cc1. The number of para-hydroxylation sites is 1. The molecule has 1 heterocycles. The Bertz CT molecular complexity index is 747. The lowest BCUT2D eigenvalue weighted by Crippen LogP contribution is -2.39. The van der Waals surface area contributed by atoms with Crippen molar-refractivity contribution in [3.8, 4) is 11.5 Å². The van der Waals surface area contributed by atoms with Crippen molar-refractivity contribution in [3.05, 3.63) is 59.7 Å². The Morgan fingerprint density at radius 1 is 1.04 bits per heavy atom. The predicted molar refractivity (Wildman–Crippen MR) is 111 cm³/mol. The lowest BCUT2D eigenvalue weighted by atomic mass is 9.87. The predicted octanol–water partition coefficient (Wildman–Crippen LogP) is 4.81. The van der Waals surface area contributed by atoms with Crippen LogP contribution in [0.4, 0.5) is 0 Å². The molecule has 2 fully saturated rings. The van der Waals surface area contributed by atoms with Gasteiger partial charge in [-0.25, -0.2) is 0 Å². The first kappa shape index (κ1) is 19.3. The molecule has 1 saturated carbocycles. The lowest BCUT2D eigenvalue weighted by Gasteiger charge is -2.32. The van der Waals surface area contributed by atoms with Crippen LogP contribution in [0.15, 0.2) is 48.5 Å². The van der Waals surface area contributed by atoms with Crippen LogP contribution >= 0.6 is 0 Å². The molecule has 0 amide bonds. The molecule has 4 nitrogen and oxygen atoms in total. The minimum Gasteiger partial charge on any atom is -0.497 e. The lowest BCUT2D eigenvalue weighted by molar-refractivity contribution is 0.0675. The average Bonchev–Trinajstić information content (AvgIpc) is 3.44. The van der Waals surface area contributed by atoms with Crippen LogP contribution in [0.3, 0.4) is 0 Å². The van der Waals surface area contributed by atoms with Gasteiger partial charge >= 0.3 is 0 Å². The zero-order valence-electron chi connectivity index (χ0n) is 16.8. The van der Waals surface area contributed by atoms with Crippen molar-refractivity contribution >= 4 is 0 Å². The van der Waals surface area contributed by atoms with E-state index in [9.17, 15) is 0 Å². The van der Waals surface area contributed by atoms with Gasteiger partial charge in [0, 0.05) is 24.3 Å². The van der Waals surface area contributed by atoms with Crippen LogP contribution in [-0.4, -0.2) is 26.4 Å². The summed E-state index contributed by atoms with van der Waals surface area (Å²) in [5, 5.41) is 3.88. The van der Waals surface area contributed by atoms with Crippen LogP contribution in [0.5, 0.6) is 11.5 Å². The van der Waals surface area contributed by atoms with Crippen LogP contribution in [-0.2, 0) is 16.8 Å². The molecule has 1 aliphatic carbocycles. The highest BCUT2D eigenvalue weighted by Gasteiger charge is 2.35. The van der Waals surface area contributed by atoms with Gasteiger partial charge in [0.25, 0.3) is 0 Å². The fourth-order valence-electron chi connectivity index (χ4n) is 4.47. The van der Waals surface area contributed by atoms with Crippen molar-refractivity contribution in [3.63, 3.8) is 0 Å². The Kier molecular flexibility index (Phi) is 6.18. The molecule has 1 saturated heterocycles. The van der Waals surface area contributed by atoms with Gasteiger partial charge < -0.3 is 19.5 Å². The first-order chi connectivity index (χ1) is 13.8. The number of ether oxygens (including phenoxy) is 3. The minimum atomic E-state index is 0.0357. The molecular formula is C24H31NO3. The quantitative estimate of drug-likeness (QED) is 0.712. The van der Waals surface area contributed by atoms with E-state index >= 15 is 0 Å². The molecule has 1 unspecified atom stereocenters. The second-order valence-corrected chi connectivity index (χ2v) is 7.93. The first-order valence-electron chi connectivity index (χ1n) is 10.5. The highest BCUT2D eigenvalue weighted by atomic mass is 16.5. The zero-order valence-corrected chi connectivity index (χ0v) is 16.8. The van der Waals surface area contributed by atoms with Gasteiger partial charge in [0.2, 0.25) is 0 Å². The normalized spacial score (nSPS) is 21.0. The van der Waals surface area contributed by atoms with Crippen molar-refractivity contribution in [2.24, 2.45) is 0 Å². The van der Waals surface area contributed by atoms with E-state index in [1.165, 1.54) is 24.0 Å². The monoisotopic (exact) mass is 381 g/mol. The van der Waals surface area contributed by atoms with Gasteiger partial charge in [0.15, 0.2) is 0 Å². The topological polar surface area (TPSA) is 39.7 Å². The van der Waals surface area contributed by atoms with Gasteiger partial charge in [-0.15, -0.1) is 0 Å². The highest BCUT2D eigenvalue weighted by molar-refractivity contribution is 5.35. The molecule has 1 atom stereocenters. The molecule has 1 aliphatic heterocycles. The van der Waals surface area contributed by atoms with Gasteiger partial charge in [-0.1, -0.05) is 43.2 Å². The molecule has 2 aliphatic rings. The van der Waals surface area contributed by atoms with E-state index in [1.807, 2.05) is 6.07 Å². The number of nitrogens with one attached hydrogen (secondary N) is 1. The Morgan fingerprint density at radius 2 is 1.82 bits per heavy atom. The number of hydrogen-bond donors (Lipinski definition) is 1. The van der Waals surface area contributed by atoms with E-state index in [2.05, 4.69) is 47.8 Å². The van der Waals surface area contributed by atoms with Crippen LogP contribution in [0.1, 0.15) is 49.7 Å². The second-order valence-electron chi connectivity index (χ2n) is 7.93. The van der Waals surface area contributed by atoms with Crippen molar-refractivity contribution in [1.82, 2.24) is 5.32 Å². The molecule has 2 aromatic carbocycles. The van der Waals surface area contributed by atoms with E-state index in [4.69, 9.17) is 14.2 Å². The van der Waals surface area contributed by atoms with Gasteiger partial charge in [0.1, 0.15) is 18.1 Å². The third-order valence-corrected chi connectivity index (χ3v) is 6.14. The largest absolute Gasteiger partial charge is 0.497 e. The van der Waals surface area contributed by atoms with Crippen LogP contribution < -0.4 is 14.8 Å². The van der Waals surface area contributed by atoms with E-state index in [1.54, 1.807) is 7.11 Å². The summed E-state index contributed by atoms with van der Waals surface area (Å²) in [6.07, 6.45) is 7.33. The van der Waals surface area contributed by atoms with E-state index in [0.29, 0.717) is 6.61 Å². The summed E-state index contributed by atoms with van der Waals surface area (Å²) < 4.78 is 17.2. The van der Waals surface area contributed by atoms with Gasteiger partial charge in [-0.3, -0.25) is 0 Å².